The zero-order valence-corrected chi connectivity index (χ0v) is 93.2. The van der Waals surface area contributed by atoms with E-state index in [1.165, 1.54) is 29.0 Å². The van der Waals surface area contributed by atoms with E-state index in [4.69, 9.17) is 48.9 Å². The lowest BCUT2D eigenvalue weighted by atomic mass is 9.61. The summed E-state index contributed by atoms with van der Waals surface area (Å²) < 4.78 is 128. The van der Waals surface area contributed by atoms with Gasteiger partial charge in [-0.1, -0.05) is 210 Å². The van der Waals surface area contributed by atoms with Crippen LogP contribution in [0.1, 0.15) is 235 Å². The van der Waals surface area contributed by atoms with Gasteiger partial charge in [-0.15, -0.1) is 13.2 Å². The number of rotatable bonds is 27. The van der Waals surface area contributed by atoms with Gasteiger partial charge in [0.25, 0.3) is 0 Å². The number of likely N-dealkylation sites (tertiary alicyclic amines) is 6. The molecule has 0 atom stereocenters. The maximum atomic E-state index is 12.6. The van der Waals surface area contributed by atoms with Gasteiger partial charge in [0.1, 0.15) is 17.2 Å². The van der Waals surface area contributed by atoms with Crippen molar-refractivity contribution in [3.05, 3.63) is 247 Å². The van der Waals surface area contributed by atoms with Crippen molar-refractivity contribution in [1.82, 2.24) is 29.4 Å². The number of hydrogen-bond donors (Lipinski definition) is 3. The number of alkyl halides is 3. The Bertz CT molecular complexity index is 5670. The number of methoxy groups -OCH3 is 2. The minimum absolute atomic E-state index is 0.0287. The number of piperidine rings is 6. The molecule has 0 aliphatic carbocycles. The lowest BCUT2D eigenvalue weighted by Crippen LogP contribution is -2.48. The van der Waals surface area contributed by atoms with Gasteiger partial charge in [0.2, 0.25) is 69.3 Å². The van der Waals surface area contributed by atoms with Crippen LogP contribution in [0.15, 0.2) is 146 Å². The fourth-order valence-corrected chi connectivity index (χ4v) is 23.0. The van der Waals surface area contributed by atoms with E-state index in [-0.39, 0.29) is 70.7 Å². The standard InChI is InChI=1S/C19H25F3N2O.3C19H29N3O2S.2C19H28N2O/c1-17(2,3)18(14-23-4)9-11-24(12-10-18)13-15-7-5-6-8-16(15)25-19(20,21)22;1-18(2,3)19(15-20-4)10-12-22(13-11-19)14-16-6-8-17(9-7-16)21-25(5,23)24;1-18(2,3)19(15-20-4)9-11-22(12-10-19)14-16-7-6-8-17(13-16)21-25(5,23)24;1-18(2,3)19(15-20-4)10-12-22(13-11-19)14-16-8-6-7-9-17(16)21-25(5,23)24;1-18(2,3)19(15-20-4)10-12-21(13-11-19)14-16-6-8-17(22-5)9-7-16;1-18(2,3)19(15-20-4)9-11-21(12-10-19)14-16-7-6-8-17(13-16)22-5/h5-8H,9-14H2,1-3H3;6-9,21H,10-15H2,1-3,5H3;6-8,13,21H,9-12,14-15H2,1-3,5H3;6-9,21H,10-15H2,1-3,5H3;6-9H,10-15H2,1-3,5H3;6-8,13H,9-12,14-15H2,1-3,5H3. The summed E-state index contributed by atoms with van der Waals surface area (Å²) in [4.78, 5) is 36.6. The number of benzene rings is 6. The second-order valence-electron chi connectivity index (χ2n) is 47.3. The molecule has 0 aromatic heterocycles. The summed E-state index contributed by atoms with van der Waals surface area (Å²) in [6.45, 7) is 104. The molecule has 144 heavy (non-hydrogen) atoms. The first-order valence-corrected chi connectivity index (χ1v) is 56.3. The Morgan fingerprint density at radius 3 is 0.861 bits per heavy atom. The molecule has 0 amide bonds. The highest BCUT2D eigenvalue weighted by Gasteiger charge is 2.53. The molecule has 6 aromatic carbocycles. The van der Waals surface area contributed by atoms with Gasteiger partial charge in [-0.25, -0.2) is 64.7 Å². The van der Waals surface area contributed by atoms with Gasteiger partial charge in [0.15, 0.2) is 0 Å². The fourth-order valence-electron chi connectivity index (χ4n) is 21.3. The largest absolute Gasteiger partial charge is 0.573 e. The lowest BCUT2D eigenvalue weighted by Gasteiger charge is -2.46. The van der Waals surface area contributed by atoms with Crippen molar-refractivity contribution < 1.29 is 52.6 Å². The highest BCUT2D eigenvalue weighted by atomic mass is 32.2. The van der Waals surface area contributed by atoms with E-state index in [0.717, 1.165) is 223 Å². The molecule has 792 valence electrons. The van der Waals surface area contributed by atoms with E-state index in [9.17, 15) is 38.4 Å². The molecular formula is C114H168F3N15O9S3. The number of ether oxygens (including phenoxy) is 3. The van der Waals surface area contributed by atoms with Crippen molar-refractivity contribution in [2.24, 2.45) is 65.0 Å². The van der Waals surface area contributed by atoms with E-state index in [0.29, 0.717) is 68.4 Å². The van der Waals surface area contributed by atoms with Gasteiger partial charge < -0.3 is 43.3 Å². The van der Waals surface area contributed by atoms with Crippen LogP contribution in [0.5, 0.6) is 17.2 Å². The summed E-state index contributed by atoms with van der Waals surface area (Å²) in [5.41, 5.74) is 9.63. The SMILES string of the molecule is [C-]#[N+]CC1(C(C)(C)C)CCN(Cc2ccc(NS(C)(=O)=O)cc2)CC1.[C-]#[N+]CC1(C(C)(C)C)CCN(Cc2ccc(OC)cc2)CC1.[C-]#[N+]CC1(C(C)(C)C)CCN(Cc2cccc(NS(C)(=O)=O)c2)CC1.[C-]#[N+]CC1(C(C)(C)C)CCN(Cc2cccc(OC)c2)CC1.[C-]#[N+]CC1(C(C)(C)C)CCN(Cc2ccccc2NS(C)(=O)=O)CC1.[C-]#[N+]CC1(C(C)(C)C)CCN(Cc2ccccc2OC(F)(F)F)CC1. The second-order valence-corrected chi connectivity index (χ2v) is 52.5. The molecule has 3 N–H and O–H groups in total. The first-order chi connectivity index (χ1) is 67.0. The van der Waals surface area contributed by atoms with Crippen molar-refractivity contribution in [2.75, 3.05) is 165 Å². The maximum Gasteiger partial charge on any atom is 0.573 e. The third-order valence-electron chi connectivity index (χ3n) is 32.4. The number of nitrogens with one attached hydrogen (secondary N) is 3. The average molecular weight is 2050 g/mol. The van der Waals surface area contributed by atoms with Crippen LogP contribution in [-0.4, -0.2) is 212 Å². The van der Waals surface area contributed by atoms with Crippen LogP contribution in [-0.2, 0) is 69.3 Å². The first kappa shape index (κ1) is 121. The summed E-state index contributed by atoms with van der Waals surface area (Å²) >= 11 is 0. The zero-order valence-electron chi connectivity index (χ0n) is 90.7. The molecule has 0 saturated carbocycles. The molecule has 6 saturated heterocycles. The van der Waals surface area contributed by atoms with Crippen molar-refractivity contribution in [2.45, 2.75) is 247 Å². The van der Waals surface area contributed by atoms with Crippen molar-refractivity contribution in [1.29, 1.82) is 0 Å². The third-order valence-corrected chi connectivity index (χ3v) is 34.2. The Kier molecular flexibility index (Phi) is 43.7. The van der Waals surface area contributed by atoms with E-state index in [1.807, 2.05) is 66.7 Å². The molecule has 0 spiro atoms. The van der Waals surface area contributed by atoms with Crippen LogP contribution in [0.2, 0.25) is 0 Å². The quantitative estimate of drug-likeness (QED) is 0.0409. The van der Waals surface area contributed by atoms with Crippen molar-refractivity contribution >= 4 is 47.1 Å². The fraction of sp³-hybridized carbons (Fsp3) is 0.632. The molecular weight excluding hydrogens is 1880 g/mol. The topological polar surface area (TPSA) is 212 Å². The van der Waals surface area contributed by atoms with E-state index in [1.54, 1.807) is 56.7 Å². The van der Waals surface area contributed by atoms with Gasteiger partial charge in [-0.05, 0) is 277 Å². The summed E-state index contributed by atoms with van der Waals surface area (Å²) in [6, 6.07) is 45.6. The Morgan fingerprint density at radius 1 is 0.299 bits per heavy atom. The highest BCUT2D eigenvalue weighted by molar-refractivity contribution is 7.92. The first-order valence-electron chi connectivity index (χ1n) is 50.6. The van der Waals surface area contributed by atoms with Crippen LogP contribution >= 0.6 is 0 Å². The number of halogens is 3. The monoisotopic (exact) mass is 2040 g/mol. The molecule has 24 nitrogen and oxygen atoms in total. The van der Waals surface area contributed by atoms with Gasteiger partial charge in [-0.2, -0.15) is 0 Å². The Morgan fingerprint density at radius 2 is 0.562 bits per heavy atom. The number of sulfonamides is 3. The molecule has 6 aromatic rings. The van der Waals surface area contributed by atoms with Crippen LogP contribution in [0.4, 0.5) is 30.2 Å². The van der Waals surface area contributed by atoms with E-state index < -0.39 is 36.4 Å². The predicted octanol–water partition coefficient (Wildman–Crippen LogP) is 24.4. The maximum absolute atomic E-state index is 12.6. The second kappa shape index (κ2) is 51.9. The predicted molar refractivity (Wildman–Crippen MR) is 581 cm³/mol. The number of para-hydroxylation sites is 2. The Labute approximate surface area is 865 Å². The van der Waals surface area contributed by atoms with Gasteiger partial charge in [0, 0.05) is 88.7 Å². The van der Waals surface area contributed by atoms with Crippen LogP contribution in [0.3, 0.4) is 0 Å². The molecule has 0 bridgehead atoms. The normalized spacial score (nSPS) is 18.6. The number of anilines is 3. The lowest BCUT2D eigenvalue weighted by molar-refractivity contribution is -0.275. The molecule has 6 heterocycles. The van der Waals surface area contributed by atoms with Gasteiger partial charge in [0.05, 0.1) is 38.7 Å². The van der Waals surface area contributed by atoms with Crippen molar-refractivity contribution in [3.8, 4) is 17.2 Å². The Hall–Kier alpha value is -9.54. The summed E-state index contributed by atoms with van der Waals surface area (Å²) in [6.07, 6.45) is 11.2. The zero-order chi connectivity index (χ0) is 107. The summed E-state index contributed by atoms with van der Waals surface area (Å²) in [5, 5.41) is 0. The van der Waals surface area contributed by atoms with E-state index >= 15 is 0 Å². The minimum atomic E-state index is -4.69. The summed E-state index contributed by atoms with van der Waals surface area (Å²) in [5.74, 6) is 1.70. The molecule has 6 aliphatic rings. The molecule has 6 aliphatic heterocycles. The summed E-state index contributed by atoms with van der Waals surface area (Å²) in [7, 11) is -6.37. The van der Waals surface area contributed by atoms with E-state index in [2.05, 4.69) is 232 Å². The third kappa shape index (κ3) is 36.5. The smallest absolute Gasteiger partial charge is 0.497 e. The van der Waals surface area contributed by atoms with Crippen LogP contribution in [0, 0.1) is 104 Å². The number of hydrogen-bond acceptors (Lipinski definition) is 15. The molecule has 0 unspecified atom stereocenters. The highest BCUT2D eigenvalue weighted by Crippen LogP contribution is 2.54. The molecule has 0 radical (unpaired) electrons. The average Bonchev–Trinajstić information content (AvgIpc) is 0.808. The molecule has 12 rings (SSSR count). The van der Waals surface area contributed by atoms with Crippen molar-refractivity contribution in [3.63, 3.8) is 0 Å². The van der Waals surface area contributed by atoms with Gasteiger partial charge >= 0.3 is 6.36 Å². The van der Waals surface area contributed by atoms with Gasteiger partial charge in [-0.3, -0.25) is 43.6 Å². The molecule has 6 fully saturated rings. The van der Waals surface area contributed by atoms with Crippen LogP contribution < -0.4 is 28.4 Å². The van der Waals surface area contributed by atoms with Crippen LogP contribution in [0.25, 0.3) is 29.1 Å². The molecule has 30 heteroatoms. The Balaban J connectivity index is 0.000000235. The minimum Gasteiger partial charge on any atom is -0.497 e. The number of nitrogens with zero attached hydrogens (tertiary/aromatic N) is 12.